The summed E-state index contributed by atoms with van der Waals surface area (Å²) < 4.78 is 4.26. The van der Waals surface area contributed by atoms with E-state index in [9.17, 15) is 0 Å². The van der Waals surface area contributed by atoms with Gasteiger partial charge >= 0.3 is 0 Å². The lowest BCUT2D eigenvalue weighted by Gasteiger charge is -2.42. The number of aromatic nitrogens is 10. The second-order valence-electron chi connectivity index (χ2n) is 21.9. The van der Waals surface area contributed by atoms with Crippen molar-refractivity contribution in [1.29, 1.82) is 0 Å². The Hall–Kier alpha value is -11.6. The van der Waals surface area contributed by atoms with Crippen molar-refractivity contribution < 1.29 is 0 Å². The summed E-state index contributed by atoms with van der Waals surface area (Å²) in [4.78, 5) is 41.0. The maximum absolute atomic E-state index is 5.18. The lowest BCUT2D eigenvalue weighted by Crippen LogP contribution is -2.27. The Morgan fingerprint density at radius 2 is 0.500 bits per heavy atom. The van der Waals surface area contributed by atoms with Crippen LogP contribution in [-0.2, 0) is 0 Å². The first-order valence-electron chi connectivity index (χ1n) is 28.9. The maximum atomic E-state index is 5.18. The zero-order valence-corrected chi connectivity index (χ0v) is 46.2. The Morgan fingerprint density at radius 3 is 0.895 bits per heavy atom. The molecule has 10 heteroatoms. The molecule has 0 fully saturated rings. The molecule has 0 radical (unpaired) electrons. The van der Waals surface area contributed by atoms with Crippen LogP contribution in [0, 0.1) is 0 Å². The topological polar surface area (TPSA) is 113 Å². The number of rotatable bonds is 10. The fourth-order valence-electron chi connectivity index (χ4n) is 12.9. The molecule has 0 aliphatic heterocycles. The summed E-state index contributed by atoms with van der Waals surface area (Å²) in [6, 6.07) is 97.4. The number of hydrogen-bond donors (Lipinski definition) is 0. The van der Waals surface area contributed by atoms with Crippen LogP contribution in [0.4, 0.5) is 0 Å². The Morgan fingerprint density at radius 1 is 0.209 bits per heavy atom. The second kappa shape index (κ2) is 20.1. The minimum atomic E-state index is 0.0870. The number of benzene rings is 11. The molecule has 0 amide bonds. The molecule has 0 saturated carbocycles. The molecule has 18 rings (SSSR count). The largest absolute Gasteiger partial charge is 0.290 e. The number of para-hydroxylation sites is 6. The third-order valence-electron chi connectivity index (χ3n) is 16.9. The summed E-state index contributed by atoms with van der Waals surface area (Å²) in [6.07, 6.45) is 0. The van der Waals surface area contributed by atoms with Crippen LogP contribution in [0.25, 0.3) is 125 Å². The first kappa shape index (κ1) is 49.0. The van der Waals surface area contributed by atoms with Crippen molar-refractivity contribution in [2.24, 2.45) is 0 Å². The Labute approximate surface area is 495 Å². The van der Waals surface area contributed by atoms with Crippen molar-refractivity contribution in [3.63, 3.8) is 0 Å². The molecule has 11 aromatic carbocycles. The molecule has 2 bridgehead atoms. The molecule has 15 aromatic rings. The van der Waals surface area contributed by atoms with Crippen molar-refractivity contribution >= 4 is 22.1 Å². The highest BCUT2D eigenvalue weighted by Gasteiger charge is 2.41. The van der Waals surface area contributed by atoms with Crippen LogP contribution >= 0.6 is 0 Å². The van der Waals surface area contributed by atoms with Crippen LogP contribution in [0.1, 0.15) is 45.2 Å². The van der Waals surface area contributed by atoms with Crippen LogP contribution in [0.5, 0.6) is 0 Å². The standard InChI is InChI=1S/C76H48N10/c1-5-19-49(20-6-1)69-79-71(83-73(81-69)75-77-63-29-15-17-31-65(63)85(75)55-23-9-3-10-24-55)51-37-33-47(34-38-51)53-41-43-59-61(45-53)67-57-27-13-14-28-58(57)68(59)62-46-54(42-44-60(62)67)48-35-39-52(40-36-48)72-80-70(50-21-7-2-8-22-50)82-74(84-72)76-78-64-30-16-18-32-66(64)86(76)56-25-11-4-12-26-56/h1-46,67-68H. The van der Waals surface area contributed by atoms with E-state index in [1.165, 1.54) is 33.4 Å². The fraction of sp³-hybridized carbons (Fsp3) is 0.0263. The summed E-state index contributed by atoms with van der Waals surface area (Å²) in [5.74, 6) is 4.78. The Balaban J connectivity index is 0.700. The molecule has 86 heavy (non-hydrogen) atoms. The number of imidazole rings is 2. The first-order valence-corrected chi connectivity index (χ1v) is 28.9. The van der Waals surface area contributed by atoms with Gasteiger partial charge < -0.3 is 0 Å². The average molecular weight is 1100 g/mol. The van der Waals surface area contributed by atoms with E-state index in [4.69, 9.17) is 39.9 Å². The van der Waals surface area contributed by atoms with Gasteiger partial charge in [0.25, 0.3) is 0 Å². The van der Waals surface area contributed by atoms with Gasteiger partial charge in [0.2, 0.25) is 0 Å². The molecule has 402 valence electrons. The Kier molecular flexibility index (Phi) is 11.4. The van der Waals surface area contributed by atoms with Crippen molar-refractivity contribution in [2.75, 3.05) is 0 Å². The summed E-state index contributed by atoms with van der Waals surface area (Å²) in [5.41, 5.74) is 21.9. The van der Waals surface area contributed by atoms with Crippen molar-refractivity contribution in [3.05, 3.63) is 312 Å². The molecule has 0 N–H and O–H groups in total. The highest BCUT2D eigenvalue weighted by atomic mass is 15.2. The van der Waals surface area contributed by atoms with Gasteiger partial charge in [-0.05, 0) is 116 Å². The Bertz CT molecular complexity index is 4780. The SMILES string of the molecule is c1ccc(-c2nc(-c3ccc(-c4ccc5c(c4)C4c6ccccc6C5c5cc(-c6ccc(-c7nc(-c8ccccc8)nc(-c8nc9ccccc9n8-c8ccccc8)n7)cc6)ccc54)cc3)nc(-c3nc4ccccc4n3-c3ccccc3)n2)cc1. The smallest absolute Gasteiger partial charge is 0.200 e. The van der Waals surface area contributed by atoms with E-state index in [0.29, 0.717) is 46.6 Å². The molecule has 0 saturated heterocycles. The van der Waals surface area contributed by atoms with Gasteiger partial charge in [-0.25, -0.2) is 39.9 Å². The van der Waals surface area contributed by atoms with E-state index in [2.05, 4.69) is 155 Å². The van der Waals surface area contributed by atoms with E-state index < -0.39 is 0 Å². The van der Waals surface area contributed by atoms with Gasteiger partial charge in [-0.1, -0.05) is 218 Å². The summed E-state index contributed by atoms with van der Waals surface area (Å²) in [6.45, 7) is 0. The van der Waals surface area contributed by atoms with Gasteiger partial charge in [-0.3, -0.25) is 9.13 Å². The zero-order chi connectivity index (χ0) is 56.7. The fourth-order valence-corrected chi connectivity index (χ4v) is 12.9. The molecule has 4 heterocycles. The first-order chi connectivity index (χ1) is 42.6. The monoisotopic (exact) mass is 1100 g/mol. The maximum Gasteiger partial charge on any atom is 0.200 e. The van der Waals surface area contributed by atoms with Crippen molar-refractivity contribution in [3.8, 4) is 102 Å². The van der Waals surface area contributed by atoms with Gasteiger partial charge in [0.15, 0.2) is 46.6 Å². The normalized spacial score (nSPS) is 13.8. The quantitative estimate of drug-likeness (QED) is 0.133. The molecule has 4 aromatic heterocycles. The highest BCUT2D eigenvalue weighted by molar-refractivity contribution is 5.85. The van der Waals surface area contributed by atoms with E-state index in [1.54, 1.807) is 0 Å². The van der Waals surface area contributed by atoms with Gasteiger partial charge in [0.1, 0.15) is 0 Å². The third-order valence-corrected chi connectivity index (χ3v) is 16.9. The minimum absolute atomic E-state index is 0.0870. The summed E-state index contributed by atoms with van der Waals surface area (Å²) in [5, 5.41) is 0. The predicted molar refractivity (Wildman–Crippen MR) is 341 cm³/mol. The minimum Gasteiger partial charge on any atom is -0.290 e. The van der Waals surface area contributed by atoms with Crippen LogP contribution in [0.2, 0.25) is 0 Å². The van der Waals surface area contributed by atoms with Crippen molar-refractivity contribution in [2.45, 2.75) is 11.8 Å². The van der Waals surface area contributed by atoms with E-state index in [-0.39, 0.29) is 11.8 Å². The highest BCUT2D eigenvalue weighted by Crippen LogP contribution is 2.57. The van der Waals surface area contributed by atoms with Gasteiger partial charge in [-0.2, -0.15) is 0 Å². The van der Waals surface area contributed by atoms with Gasteiger partial charge in [0.05, 0.1) is 22.1 Å². The third kappa shape index (κ3) is 8.25. The molecule has 0 spiro atoms. The molecule has 10 nitrogen and oxygen atoms in total. The number of nitrogens with zero attached hydrogens (tertiary/aromatic N) is 10. The molecular weight excluding hydrogens is 1050 g/mol. The van der Waals surface area contributed by atoms with Crippen molar-refractivity contribution in [1.82, 2.24) is 49.0 Å². The van der Waals surface area contributed by atoms with Crippen LogP contribution in [-0.4, -0.2) is 49.0 Å². The molecular formula is C76H48N10. The number of hydrogen-bond acceptors (Lipinski definition) is 8. The predicted octanol–water partition coefficient (Wildman–Crippen LogP) is 17.1. The van der Waals surface area contributed by atoms with Gasteiger partial charge in [-0.15, -0.1) is 0 Å². The molecule has 3 aliphatic rings. The lowest BCUT2D eigenvalue weighted by molar-refractivity contribution is 0.755. The molecule has 2 atom stereocenters. The van der Waals surface area contributed by atoms with Gasteiger partial charge in [0, 0.05) is 45.5 Å². The summed E-state index contributed by atoms with van der Waals surface area (Å²) >= 11 is 0. The van der Waals surface area contributed by atoms with E-state index in [0.717, 1.165) is 77.9 Å². The zero-order valence-electron chi connectivity index (χ0n) is 46.2. The number of fused-ring (bicyclic) bond motifs is 2. The van der Waals surface area contributed by atoms with Crippen LogP contribution < -0.4 is 0 Å². The lowest BCUT2D eigenvalue weighted by atomic mass is 9.60. The molecule has 3 aliphatic carbocycles. The van der Waals surface area contributed by atoms with E-state index in [1.807, 2.05) is 133 Å². The van der Waals surface area contributed by atoms with Crippen LogP contribution in [0.15, 0.2) is 279 Å². The average Bonchev–Trinajstić information content (AvgIpc) is 0.973. The van der Waals surface area contributed by atoms with Crippen LogP contribution in [0.3, 0.4) is 0 Å². The van der Waals surface area contributed by atoms with E-state index >= 15 is 0 Å². The second-order valence-corrected chi connectivity index (χ2v) is 21.9. The summed E-state index contributed by atoms with van der Waals surface area (Å²) in [7, 11) is 0. The molecule has 2 unspecified atom stereocenters.